The van der Waals surface area contributed by atoms with Gasteiger partial charge in [-0.1, -0.05) is 0 Å². The fourth-order valence-electron chi connectivity index (χ4n) is 2.18. The van der Waals surface area contributed by atoms with Crippen LogP contribution in [-0.4, -0.2) is 47.7 Å². The zero-order valence-electron chi connectivity index (χ0n) is 12.1. The maximum absolute atomic E-state index is 5.14. The Kier molecular flexibility index (Phi) is 4.52. The Morgan fingerprint density at radius 2 is 2.26 bits per heavy atom. The van der Waals surface area contributed by atoms with Crippen molar-refractivity contribution < 1.29 is 4.74 Å². The molecule has 1 N–H and O–H groups in total. The van der Waals surface area contributed by atoms with E-state index in [0.29, 0.717) is 6.61 Å². The first-order valence-electron chi connectivity index (χ1n) is 6.47. The molecule has 1 saturated heterocycles. The van der Waals surface area contributed by atoms with E-state index in [1.165, 1.54) is 0 Å². The quantitative estimate of drug-likeness (QED) is 0.911. The van der Waals surface area contributed by atoms with Gasteiger partial charge in [0.15, 0.2) is 5.82 Å². The van der Waals surface area contributed by atoms with E-state index in [2.05, 4.69) is 34.0 Å². The van der Waals surface area contributed by atoms with Gasteiger partial charge in [0.1, 0.15) is 18.2 Å². The van der Waals surface area contributed by atoms with Gasteiger partial charge in [-0.2, -0.15) is 11.8 Å². The van der Waals surface area contributed by atoms with Crippen LogP contribution in [0.5, 0.6) is 0 Å². The van der Waals surface area contributed by atoms with E-state index in [0.717, 1.165) is 36.3 Å². The third-order valence-corrected chi connectivity index (χ3v) is 4.34. The van der Waals surface area contributed by atoms with E-state index >= 15 is 0 Å². The number of anilines is 2. The SMILES string of the molecule is CNc1cc(N2CCSC(C)(C)C2)nc(COC)n1. The molecule has 1 aliphatic rings. The smallest absolute Gasteiger partial charge is 0.158 e. The predicted molar refractivity (Wildman–Crippen MR) is 81.0 cm³/mol. The molecule has 1 aromatic heterocycles. The molecule has 0 unspecified atom stereocenters. The summed E-state index contributed by atoms with van der Waals surface area (Å²) in [6, 6.07) is 2.01. The molecule has 0 aliphatic carbocycles. The molecule has 6 heteroatoms. The van der Waals surface area contributed by atoms with Crippen LogP contribution in [0.1, 0.15) is 19.7 Å². The first kappa shape index (κ1) is 14.4. The lowest BCUT2D eigenvalue weighted by Crippen LogP contribution is -2.43. The first-order chi connectivity index (χ1) is 9.04. The van der Waals surface area contributed by atoms with Crippen molar-refractivity contribution in [2.24, 2.45) is 0 Å². The van der Waals surface area contributed by atoms with Gasteiger partial charge in [-0.25, -0.2) is 9.97 Å². The van der Waals surface area contributed by atoms with Crippen molar-refractivity contribution in [2.45, 2.75) is 25.2 Å². The Hall–Kier alpha value is -1.01. The zero-order valence-corrected chi connectivity index (χ0v) is 12.9. The number of nitrogens with zero attached hydrogens (tertiary/aromatic N) is 3. The third kappa shape index (κ3) is 3.73. The molecule has 5 nitrogen and oxygen atoms in total. The van der Waals surface area contributed by atoms with Crippen LogP contribution in [-0.2, 0) is 11.3 Å². The Morgan fingerprint density at radius 1 is 1.47 bits per heavy atom. The van der Waals surface area contributed by atoms with Gasteiger partial charge in [-0.05, 0) is 13.8 Å². The predicted octanol–water partition coefficient (Wildman–Crippen LogP) is 2.00. The highest BCUT2D eigenvalue weighted by atomic mass is 32.2. The molecule has 0 saturated carbocycles. The summed E-state index contributed by atoms with van der Waals surface area (Å²) < 4.78 is 5.40. The average Bonchev–Trinajstić information content (AvgIpc) is 2.37. The molecule has 106 valence electrons. The van der Waals surface area contributed by atoms with Crippen molar-refractivity contribution >= 4 is 23.4 Å². The minimum atomic E-state index is 0.268. The molecule has 2 heterocycles. The molecule has 0 amide bonds. The summed E-state index contributed by atoms with van der Waals surface area (Å²) in [6.07, 6.45) is 0. The molecule has 1 aromatic rings. The van der Waals surface area contributed by atoms with E-state index < -0.39 is 0 Å². The molecule has 19 heavy (non-hydrogen) atoms. The summed E-state index contributed by atoms with van der Waals surface area (Å²) in [6.45, 7) is 7.03. The van der Waals surface area contributed by atoms with Crippen molar-refractivity contribution in [3.8, 4) is 0 Å². The number of aromatic nitrogens is 2. The van der Waals surface area contributed by atoms with Crippen molar-refractivity contribution in [1.82, 2.24) is 9.97 Å². The lowest BCUT2D eigenvalue weighted by Gasteiger charge is -2.38. The van der Waals surface area contributed by atoms with Gasteiger partial charge < -0.3 is 15.0 Å². The number of nitrogens with one attached hydrogen (secondary N) is 1. The van der Waals surface area contributed by atoms with Gasteiger partial charge in [-0.3, -0.25) is 0 Å². The van der Waals surface area contributed by atoms with Crippen molar-refractivity contribution in [3.05, 3.63) is 11.9 Å². The number of hydrogen-bond donors (Lipinski definition) is 1. The van der Waals surface area contributed by atoms with E-state index in [4.69, 9.17) is 4.74 Å². The lowest BCUT2D eigenvalue weighted by molar-refractivity contribution is 0.178. The summed E-state index contributed by atoms with van der Waals surface area (Å²) in [4.78, 5) is 11.3. The summed E-state index contributed by atoms with van der Waals surface area (Å²) >= 11 is 2.02. The molecular weight excluding hydrogens is 260 g/mol. The van der Waals surface area contributed by atoms with Crippen LogP contribution in [0.25, 0.3) is 0 Å². The van der Waals surface area contributed by atoms with Gasteiger partial charge >= 0.3 is 0 Å². The molecule has 0 bridgehead atoms. The molecule has 0 spiro atoms. The molecule has 0 aromatic carbocycles. The number of rotatable bonds is 4. The van der Waals surface area contributed by atoms with E-state index in [9.17, 15) is 0 Å². The highest BCUT2D eigenvalue weighted by Crippen LogP contribution is 2.32. The maximum Gasteiger partial charge on any atom is 0.158 e. The maximum atomic E-state index is 5.14. The van der Waals surface area contributed by atoms with Crippen LogP contribution in [0.2, 0.25) is 0 Å². The molecule has 0 radical (unpaired) electrons. The summed E-state index contributed by atoms with van der Waals surface area (Å²) in [5, 5.41) is 3.09. The summed E-state index contributed by atoms with van der Waals surface area (Å²) in [5.41, 5.74) is 0. The first-order valence-corrected chi connectivity index (χ1v) is 7.46. The molecule has 2 rings (SSSR count). The van der Waals surface area contributed by atoms with Crippen LogP contribution in [0.15, 0.2) is 6.07 Å². The number of thioether (sulfide) groups is 1. The lowest BCUT2D eigenvalue weighted by atomic mass is 10.2. The Balaban J connectivity index is 2.25. The van der Waals surface area contributed by atoms with Crippen LogP contribution in [0, 0.1) is 0 Å². The number of methoxy groups -OCH3 is 1. The van der Waals surface area contributed by atoms with E-state index in [-0.39, 0.29) is 4.75 Å². The second-order valence-corrected chi connectivity index (χ2v) is 7.04. The second kappa shape index (κ2) is 5.96. The van der Waals surface area contributed by atoms with Gasteiger partial charge in [0, 0.05) is 43.8 Å². The standard InChI is InChI=1S/C13H22N4OS/c1-13(2)9-17(5-6-19-13)12-7-10(14-3)15-11(16-12)8-18-4/h7H,5-6,8-9H2,1-4H3,(H,14,15,16). The Labute approximate surface area is 119 Å². The molecule has 1 aliphatic heterocycles. The summed E-state index contributed by atoms with van der Waals surface area (Å²) in [5.74, 6) is 3.68. The molecular formula is C13H22N4OS. The monoisotopic (exact) mass is 282 g/mol. The Morgan fingerprint density at radius 3 is 2.89 bits per heavy atom. The molecule has 0 atom stereocenters. The third-order valence-electron chi connectivity index (χ3n) is 3.04. The topological polar surface area (TPSA) is 50.3 Å². The van der Waals surface area contributed by atoms with Gasteiger partial charge in [-0.15, -0.1) is 0 Å². The second-order valence-electron chi connectivity index (χ2n) is 5.24. The van der Waals surface area contributed by atoms with Gasteiger partial charge in [0.2, 0.25) is 0 Å². The van der Waals surface area contributed by atoms with Crippen molar-refractivity contribution in [3.63, 3.8) is 0 Å². The van der Waals surface area contributed by atoms with E-state index in [1.807, 2.05) is 24.9 Å². The minimum absolute atomic E-state index is 0.268. The largest absolute Gasteiger partial charge is 0.377 e. The van der Waals surface area contributed by atoms with E-state index in [1.54, 1.807) is 7.11 Å². The minimum Gasteiger partial charge on any atom is -0.377 e. The number of ether oxygens (including phenoxy) is 1. The normalized spacial score (nSPS) is 18.4. The summed E-state index contributed by atoms with van der Waals surface area (Å²) in [7, 11) is 3.54. The highest BCUT2D eigenvalue weighted by molar-refractivity contribution is 8.00. The fraction of sp³-hybridized carbons (Fsp3) is 0.692. The van der Waals surface area contributed by atoms with Crippen LogP contribution in [0.4, 0.5) is 11.6 Å². The highest BCUT2D eigenvalue weighted by Gasteiger charge is 2.28. The van der Waals surface area contributed by atoms with Crippen LogP contribution in [0.3, 0.4) is 0 Å². The Bertz CT molecular complexity index is 439. The van der Waals surface area contributed by atoms with Gasteiger partial charge in [0.05, 0.1) is 0 Å². The fourth-order valence-corrected chi connectivity index (χ4v) is 3.29. The van der Waals surface area contributed by atoms with Crippen LogP contribution < -0.4 is 10.2 Å². The van der Waals surface area contributed by atoms with Crippen molar-refractivity contribution in [2.75, 3.05) is 43.2 Å². The van der Waals surface area contributed by atoms with Crippen molar-refractivity contribution in [1.29, 1.82) is 0 Å². The van der Waals surface area contributed by atoms with Crippen LogP contribution >= 0.6 is 11.8 Å². The number of hydrogen-bond acceptors (Lipinski definition) is 6. The zero-order chi connectivity index (χ0) is 13.9. The molecule has 1 fully saturated rings. The average molecular weight is 282 g/mol. The van der Waals surface area contributed by atoms with Gasteiger partial charge in [0.25, 0.3) is 0 Å².